The number of quaternary nitrogens is 1. The molecule has 0 atom stereocenters. The molecule has 0 saturated carbocycles. The van der Waals surface area contributed by atoms with Gasteiger partial charge in [0.2, 0.25) is 0 Å². The summed E-state index contributed by atoms with van der Waals surface area (Å²) >= 11 is 0. The summed E-state index contributed by atoms with van der Waals surface area (Å²) in [6.45, 7) is 9.25. The van der Waals surface area contributed by atoms with E-state index in [2.05, 4.69) is 35.2 Å². The van der Waals surface area contributed by atoms with Crippen molar-refractivity contribution in [1.82, 2.24) is 4.90 Å². The van der Waals surface area contributed by atoms with Gasteiger partial charge >= 0.3 is 0 Å². The van der Waals surface area contributed by atoms with Crippen molar-refractivity contribution in [3.05, 3.63) is 35.9 Å². The summed E-state index contributed by atoms with van der Waals surface area (Å²) in [5.41, 5.74) is 1.51. The van der Waals surface area contributed by atoms with E-state index < -0.39 is 0 Å². The number of hydrogen-bond acceptors (Lipinski definition) is 1. The van der Waals surface area contributed by atoms with Crippen LogP contribution in [0.15, 0.2) is 30.3 Å². The van der Waals surface area contributed by atoms with Crippen LogP contribution < -0.4 is 0 Å². The minimum Gasteiger partial charge on any atom is -0.317 e. The first-order chi connectivity index (χ1) is 7.36. The van der Waals surface area contributed by atoms with E-state index >= 15 is 0 Å². The molecular weight excluding hydrogens is 184 g/mol. The van der Waals surface area contributed by atoms with Crippen molar-refractivity contribution in [2.45, 2.75) is 6.54 Å². The van der Waals surface area contributed by atoms with Crippen LogP contribution in [0.1, 0.15) is 5.56 Å². The van der Waals surface area contributed by atoms with Gasteiger partial charge in [-0.05, 0) is 0 Å². The number of benzene rings is 1. The van der Waals surface area contributed by atoms with Gasteiger partial charge < -0.3 is 4.48 Å². The minimum absolute atomic E-state index is 1.24. The predicted molar refractivity (Wildman–Crippen MR) is 61.4 cm³/mol. The second-order valence-electron chi connectivity index (χ2n) is 5.00. The maximum atomic E-state index is 2.60. The quantitative estimate of drug-likeness (QED) is 0.656. The Kier molecular flexibility index (Phi) is 2.26. The van der Waals surface area contributed by atoms with Gasteiger partial charge in [-0.2, -0.15) is 0 Å². The Labute approximate surface area is 91.7 Å². The summed E-state index contributed by atoms with van der Waals surface area (Å²) in [5.74, 6) is 0. The van der Waals surface area contributed by atoms with E-state index in [4.69, 9.17) is 0 Å². The summed E-state index contributed by atoms with van der Waals surface area (Å²) in [6.07, 6.45) is 0. The number of fused-ring (bicyclic) bond motifs is 3. The van der Waals surface area contributed by atoms with Crippen LogP contribution >= 0.6 is 0 Å². The van der Waals surface area contributed by atoms with Crippen LogP contribution in [0.25, 0.3) is 0 Å². The molecular formula is C13H19N2+. The molecule has 0 N–H and O–H groups in total. The Morgan fingerprint density at radius 1 is 0.933 bits per heavy atom. The maximum Gasteiger partial charge on any atom is 0.104 e. The SMILES string of the molecule is c1ccc(C[N+]23CCN(CC2)CC3)cc1. The van der Waals surface area contributed by atoms with Gasteiger partial charge in [0.15, 0.2) is 0 Å². The van der Waals surface area contributed by atoms with Crippen LogP contribution in [-0.2, 0) is 6.54 Å². The second kappa shape index (κ2) is 3.62. The molecule has 2 bridgehead atoms. The standard InChI is InChI=1S/C13H19N2/c1-2-4-13(5-3-1)12-15-9-6-14(7-10-15)8-11-15/h1-5H,6-12H2/q+1. The first-order valence-corrected chi connectivity index (χ1v) is 5.98. The largest absolute Gasteiger partial charge is 0.317 e. The van der Waals surface area contributed by atoms with Crippen LogP contribution in [0.4, 0.5) is 0 Å². The number of piperazine rings is 3. The van der Waals surface area contributed by atoms with E-state index in [-0.39, 0.29) is 0 Å². The van der Waals surface area contributed by atoms with Gasteiger partial charge in [-0.15, -0.1) is 0 Å². The van der Waals surface area contributed by atoms with Crippen molar-refractivity contribution in [2.75, 3.05) is 39.3 Å². The van der Waals surface area contributed by atoms with Gasteiger partial charge in [-0.1, -0.05) is 30.3 Å². The fraction of sp³-hybridized carbons (Fsp3) is 0.538. The molecule has 0 spiro atoms. The molecule has 3 saturated heterocycles. The molecule has 2 heteroatoms. The molecule has 3 aliphatic rings. The van der Waals surface area contributed by atoms with E-state index in [9.17, 15) is 0 Å². The molecule has 80 valence electrons. The molecule has 1 aromatic carbocycles. The van der Waals surface area contributed by atoms with Gasteiger partial charge in [0, 0.05) is 25.2 Å². The zero-order valence-electron chi connectivity index (χ0n) is 9.23. The molecule has 0 aliphatic carbocycles. The molecule has 4 rings (SSSR count). The van der Waals surface area contributed by atoms with Crippen LogP contribution in [0, 0.1) is 0 Å². The van der Waals surface area contributed by atoms with Crippen molar-refractivity contribution in [1.29, 1.82) is 0 Å². The van der Waals surface area contributed by atoms with E-state index in [1.54, 1.807) is 0 Å². The molecule has 2 nitrogen and oxygen atoms in total. The molecule has 0 radical (unpaired) electrons. The summed E-state index contributed by atoms with van der Waals surface area (Å²) < 4.78 is 1.33. The van der Waals surface area contributed by atoms with Gasteiger partial charge in [0.1, 0.15) is 6.54 Å². The topological polar surface area (TPSA) is 3.24 Å². The lowest BCUT2D eigenvalue weighted by molar-refractivity contribution is -0.953. The summed E-state index contributed by atoms with van der Waals surface area (Å²) in [6, 6.07) is 11.0. The van der Waals surface area contributed by atoms with E-state index in [0.717, 1.165) is 0 Å². The van der Waals surface area contributed by atoms with Crippen molar-refractivity contribution in [3.63, 3.8) is 0 Å². The van der Waals surface area contributed by atoms with Gasteiger partial charge in [0.25, 0.3) is 0 Å². The summed E-state index contributed by atoms with van der Waals surface area (Å²) in [4.78, 5) is 2.60. The summed E-state index contributed by atoms with van der Waals surface area (Å²) in [7, 11) is 0. The van der Waals surface area contributed by atoms with Crippen LogP contribution in [-0.4, -0.2) is 48.7 Å². The Morgan fingerprint density at radius 2 is 1.53 bits per heavy atom. The highest BCUT2D eigenvalue weighted by Crippen LogP contribution is 2.22. The molecule has 15 heavy (non-hydrogen) atoms. The molecule has 3 aliphatic heterocycles. The van der Waals surface area contributed by atoms with Crippen molar-refractivity contribution < 1.29 is 4.48 Å². The fourth-order valence-corrected chi connectivity index (χ4v) is 2.94. The predicted octanol–water partition coefficient (Wildman–Crippen LogP) is 1.33. The number of rotatable bonds is 2. The Morgan fingerprint density at radius 3 is 2.13 bits per heavy atom. The molecule has 0 aromatic heterocycles. The third-order valence-electron chi connectivity index (χ3n) is 4.03. The highest BCUT2D eigenvalue weighted by atomic mass is 15.4. The lowest BCUT2D eigenvalue weighted by atomic mass is 10.1. The smallest absolute Gasteiger partial charge is 0.104 e. The minimum atomic E-state index is 1.24. The van der Waals surface area contributed by atoms with Gasteiger partial charge in [-0.3, -0.25) is 4.90 Å². The molecule has 0 amide bonds. The number of nitrogens with zero attached hydrogens (tertiary/aromatic N) is 2. The lowest BCUT2D eigenvalue weighted by Gasteiger charge is -2.50. The normalized spacial score (nSPS) is 34.3. The fourth-order valence-electron chi connectivity index (χ4n) is 2.94. The second-order valence-corrected chi connectivity index (χ2v) is 5.00. The van der Waals surface area contributed by atoms with E-state index in [0.29, 0.717) is 0 Å². The first-order valence-electron chi connectivity index (χ1n) is 5.98. The zero-order valence-corrected chi connectivity index (χ0v) is 9.23. The first kappa shape index (κ1) is 9.37. The maximum absolute atomic E-state index is 2.60. The third kappa shape index (κ3) is 1.80. The van der Waals surface area contributed by atoms with E-state index in [1.165, 1.54) is 55.9 Å². The highest BCUT2D eigenvalue weighted by molar-refractivity contribution is 5.13. The van der Waals surface area contributed by atoms with Gasteiger partial charge in [0.05, 0.1) is 19.6 Å². The van der Waals surface area contributed by atoms with Crippen LogP contribution in [0.5, 0.6) is 0 Å². The molecule has 1 aromatic rings. The molecule has 3 fully saturated rings. The molecule has 3 heterocycles. The average Bonchev–Trinajstić information content (AvgIpc) is 2.32. The van der Waals surface area contributed by atoms with Crippen molar-refractivity contribution in [2.24, 2.45) is 0 Å². The van der Waals surface area contributed by atoms with Crippen LogP contribution in [0.2, 0.25) is 0 Å². The van der Waals surface area contributed by atoms with Crippen LogP contribution in [0.3, 0.4) is 0 Å². The third-order valence-corrected chi connectivity index (χ3v) is 4.03. The zero-order chi connectivity index (χ0) is 10.1. The monoisotopic (exact) mass is 203 g/mol. The Balaban J connectivity index is 1.76. The molecule has 0 unspecified atom stereocenters. The Bertz CT molecular complexity index is 312. The average molecular weight is 203 g/mol. The summed E-state index contributed by atoms with van der Waals surface area (Å²) in [5, 5.41) is 0. The van der Waals surface area contributed by atoms with E-state index in [1.807, 2.05) is 0 Å². The Hall–Kier alpha value is -0.860. The van der Waals surface area contributed by atoms with Gasteiger partial charge in [-0.25, -0.2) is 0 Å². The van der Waals surface area contributed by atoms with Crippen molar-refractivity contribution in [3.8, 4) is 0 Å². The lowest BCUT2D eigenvalue weighted by Crippen LogP contribution is -2.66. The highest BCUT2D eigenvalue weighted by Gasteiger charge is 2.38. The number of hydrogen-bond donors (Lipinski definition) is 0. The van der Waals surface area contributed by atoms with Crippen molar-refractivity contribution >= 4 is 0 Å².